The highest BCUT2D eigenvalue weighted by atomic mass is 32.1. The molecule has 1 heteroatoms. The number of benzene rings is 1. The topological polar surface area (TPSA) is 0 Å². The van der Waals surface area contributed by atoms with E-state index in [4.69, 9.17) is 0 Å². The minimum absolute atomic E-state index is 0.328. The molecule has 0 amide bonds. The molecule has 0 unspecified atom stereocenters. The zero-order chi connectivity index (χ0) is 15.2. The Hall–Kier alpha value is -1.34. The van der Waals surface area contributed by atoms with Crippen molar-refractivity contribution in [3.8, 4) is 0 Å². The Morgan fingerprint density at radius 3 is 2.43 bits per heavy atom. The van der Waals surface area contributed by atoms with Crippen molar-refractivity contribution in [3.63, 3.8) is 0 Å². The zero-order valence-corrected chi connectivity index (χ0v) is 14.4. The van der Waals surface area contributed by atoms with Gasteiger partial charge < -0.3 is 0 Å². The normalized spacial score (nSPS) is 16.6. The first kappa shape index (κ1) is 14.6. The first-order chi connectivity index (χ1) is 9.90. The summed E-state index contributed by atoms with van der Waals surface area (Å²) in [6.07, 6.45) is 3.85. The Balaban J connectivity index is 2.06. The quantitative estimate of drug-likeness (QED) is 0.633. The molecule has 1 aromatic carbocycles. The summed E-state index contributed by atoms with van der Waals surface area (Å²) in [5.41, 5.74) is 7.12. The Bertz CT molecular complexity index is 683. The van der Waals surface area contributed by atoms with Crippen LogP contribution in [0.25, 0.3) is 5.57 Å². The zero-order valence-electron chi connectivity index (χ0n) is 13.5. The standard InChI is InChI=1S/C20H24S/c1-13-8-10-16(11-9-13)14(2)18-15(3)17-7-6-12-20(4,5)19(17)21-18/h8-11H,2,6-7,12H2,1,3-5H3. The van der Waals surface area contributed by atoms with Gasteiger partial charge in [0.1, 0.15) is 0 Å². The highest BCUT2D eigenvalue weighted by Crippen LogP contribution is 2.46. The van der Waals surface area contributed by atoms with Crippen LogP contribution in [0.4, 0.5) is 0 Å². The summed E-state index contributed by atoms with van der Waals surface area (Å²) in [7, 11) is 0. The van der Waals surface area contributed by atoms with Gasteiger partial charge in [0.05, 0.1) is 0 Å². The summed E-state index contributed by atoms with van der Waals surface area (Å²) in [5.74, 6) is 0. The van der Waals surface area contributed by atoms with E-state index in [1.54, 1.807) is 10.4 Å². The van der Waals surface area contributed by atoms with Gasteiger partial charge in [-0.15, -0.1) is 11.3 Å². The summed E-state index contributed by atoms with van der Waals surface area (Å²) in [6, 6.07) is 8.74. The Morgan fingerprint density at radius 1 is 1.14 bits per heavy atom. The predicted octanol–water partition coefficient (Wildman–Crippen LogP) is 6.04. The van der Waals surface area contributed by atoms with Gasteiger partial charge in [-0.2, -0.15) is 0 Å². The molecular weight excluding hydrogens is 272 g/mol. The van der Waals surface area contributed by atoms with E-state index >= 15 is 0 Å². The SMILES string of the molecule is C=C(c1ccc(C)cc1)c1sc2c(c1C)CCCC2(C)C. The van der Waals surface area contributed by atoms with Crippen LogP contribution < -0.4 is 0 Å². The molecule has 0 bridgehead atoms. The van der Waals surface area contributed by atoms with Crippen LogP contribution in [-0.4, -0.2) is 0 Å². The minimum atomic E-state index is 0.328. The van der Waals surface area contributed by atoms with Crippen molar-refractivity contribution in [2.75, 3.05) is 0 Å². The maximum absolute atomic E-state index is 4.39. The third-order valence-electron chi connectivity index (χ3n) is 4.79. The van der Waals surface area contributed by atoms with Gasteiger partial charge in [0.2, 0.25) is 0 Å². The lowest BCUT2D eigenvalue weighted by Crippen LogP contribution is -2.21. The van der Waals surface area contributed by atoms with Crippen molar-refractivity contribution in [1.29, 1.82) is 0 Å². The summed E-state index contributed by atoms with van der Waals surface area (Å²) in [4.78, 5) is 2.98. The first-order valence-electron chi connectivity index (χ1n) is 7.79. The van der Waals surface area contributed by atoms with Gasteiger partial charge in [0.25, 0.3) is 0 Å². The molecule has 0 saturated heterocycles. The van der Waals surface area contributed by atoms with Gasteiger partial charge in [0.15, 0.2) is 0 Å². The summed E-state index contributed by atoms with van der Waals surface area (Å²) in [5, 5.41) is 0. The minimum Gasteiger partial charge on any atom is -0.139 e. The van der Waals surface area contributed by atoms with Crippen molar-refractivity contribution in [1.82, 2.24) is 0 Å². The number of hydrogen-bond donors (Lipinski definition) is 0. The number of rotatable bonds is 2. The van der Waals surface area contributed by atoms with E-state index in [1.807, 2.05) is 11.3 Å². The fraction of sp³-hybridized carbons (Fsp3) is 0.400. The third kappa shape index (κ3) is 2.48. The fourth-order valence-corrected chi connectivity index (χ4v) is 4.87. The van der Waals surface area contributed by atoms with Gasteiger partial charge in [-0.05, 0) is 60.8 Å². The van der Waals surface area contributed by atoms with Gasteiger partial charge in [-0.25, -0.2) is 0 Å². The molecule has 0 nitrogen and oxygen atoms in total. The van der Waals surface area contributed by atoms with Crippen LogP contribution in [0.1, 0.15) is 58.7 Å². The lowest BCUT2D eigenvalue weighted by molar-refractivity contribution is 0.441. The largest absolute Gasteiger partial charge is 0.139 e. The smallest absolute Gasteiger partial charge is 0.0377 e. The second kappa shape index (κ2) is 5.14. The molecule has 21 heavy (non-hydrogen) atoms. The van der Waals surface area contributed by atoms with E-state index in [0.29, 0.717) is 5.41 Å². The summed E-state index contributed by atoms with van der Waals surface area (Å²) in [6.45, 7) is 13.6. The van der Waals surface area contributed by atoms with Crippen LogP contribution in [0.5, 0.6) is 0 Å². The third-order valence-corrected chi connectivity index (χ3v) is 6.55. The molecule has 2 aromatic rings. The first-order valence-corrected chi connectivity index (χ1v) is 8.61. The second-order valence-electron chi connectivity index (χ2n) is 6.95. The van der Waals surface area contributed by atoms with Gasteiger partial charge in [-0.3, -0.25) is 0 Å². The fourth-order valence-electron chi connectivity index (χ4n) is 3.39. The number of thiophene rings is 1. The van der Waals surface area contributed by atoms with E-state index < -0.39 is 0 Å². The van der Waals surface area contributed by atoms with E-state index in [-0.39, 0.29) is 0 Å². The molecule has 0 radical (unpaired) electrons. The molecule has 0 atom stereocenters. The van der Waals surface area contributed by atoms with E-state index in [9.17, 15) is 0 Å². The Labute approximate surface area is 132 Å². The molecule has 1 aliphatic carbocycles. The molecule has 0 saturated carbocycles. The summed E-state index contributed by atoms with van der Waals surface area (Å²) < 4.78 is 0. The highest BCUT2D eigenvalue weighted by molar-refractivity contribution is 7.13. The molecule has 1 heterocycles. The van der Waals surface area contributed by atoms with Crippen LogP contribution in [0.2, 0.25) is 0 Å². The molecular formula is C20H24S. The van der Waals surface area contributed by atoms with Gasteiger partial charge >= 0.3 is 0 Å². The average molecular weight is 296 g/mol. The number of aryl methyl sites for hydroxylation is 1. The lowest BCUT2D eigenvalue weighted by atomic mass is 9.77. The van der Waals surface area contributed by atoms with Crippen molar-refractivity contribution >= 4 is 16.9 Å². The van der Waals surface area contributed by atoms with Crippen molar-refractivity contribution in [2.45, 2.75) is 52.4 Å². The molecule has 110 valence electrons. The van der Waals surface area contributed by atoms with Crippen LogP contribution in [0, 0.1) is 13.8 Å². The molecule has 0 N–H and O–H groups in total. The van der Waals surface area contributed by atoms with E-state index in [1.165, 1.54) is 46.4 Å². The predicted molar refractivity (Wildman–Crippen MR) is 94.3 cm³/mol. The highest BCUT2D eigenvalue weighted by Gasteiger charge is 2.32. The van der Waals surface area contributed by atoms with E-state index in [2.05, 4.69) is 58.5 Å². The van der Waals surface area contributed by atoms with Gasteiger partial charge in [-0.1, -0.05) is 50.3 Å². The van der Waals surface area contributed by atoms with Crippen LogP contribution in [0.15, 0.2) is 30.8 Å². The number of fused-ring (bicyclic) bond motifs is 1. The van der Waals surface area contributed by atoms with Crippen molar-refractivity contribution in [2.24, 2.45) is 0 Å². The van der Waals surface area contributed by atoms with Crippen LogP contribution in [0.3, 0.4) is 0 Å². The second-order valence-corrected chi connectivity index (χ2v) is 7.97. The molecule has 1 aromatic heterocycles. The maximum atomic E-state index is 4.39. The van der Waals surface area contributed by atoms with Crippen LogP contribution >= 0.6 is 11.3 Å². The maximum Gasteiger partial charge on any atom is 0.0377 e. The monoisotopic (exact) mass is 296 g/mol. The average Bonchev–Trinajstić information content (AvgIpc) is 2.78. The summed E-state index contributed by atoms with van der Waals surface area (Å²) >= 11 is 1.98. The number of hydrogen-bond acceptors (Lipinski definition) is 1. The van der Waals surface area contributed by atoms with E-state index in [0.717, 1.165) is 0 Å². The molecule has 3 rings (SSSR count). The van der Waals surface area contributed by atoms with Crippen LogP contribution in [-0.2, 0) is 11.8 Å². The lowest BCUT2D eigenvalue weighted by Gasteiger charge is -2.29. The molecule has 0 fully saturated rings. The van der Waals surface area contributed by atoms with Crippen molar-refractivity contribution < 1.29 is 0 Å². The molecule has 0 spiro atoms. The Kier molecular flexibility index (Phi) is 3.57. The molecule has 1 aliphatic rings. The molecule has 0 aliphatic heterocycles. The van der Waals surface area contributed by atoms with Crippen molar-refractivity contribution in [3.05, 3.63) is 62.9 Å². The Morgan fingerprint density at radius 2 is 1.81 bits per heavy atom. The van der Waals surface area contributed by atoms with Gasteiger partial charge in [0, 0.05) is 9.75 Å².